The van der Waals surface area contributed by atoms with E-state index in [0.717, 1.165) is 12.8 Å². The molecule has 0 saturated carbocycles. The van der Waals surface area contributed by atoms with Crippen molar-refractivity contribution in [3.8, 4) is 0 Å². The van der Waals surface area contributed by atoms with Crippen molar-refractivity contribution in [3.63, 3.8) is 0 Å². The molecule has 31 heavy (non-hydrogen) atoms. The molecule has 0 aliphatic heterocycles. The zero-order valence-corrected chi connectivity index (χ0v) is 17.4. The van der Waals surface area contributed by atoms with Crippen molar-refractivity contribution in [2.24, 2.45) is 5.73 Å². The fraction of sp³-hybridized carbons (Fsp3) is 0.172. The van der Waals surface area contributed by atoms with Gasteiger partial charge in [-0.15, -0.1) is 0 Å². The van der Waals surface area contributed by atoms with Gasteiger partial charge in [-0.05, 0) is 67.9 Å². The van der Waals surface area contributed by atoms with Crippen LogP contribution in [0.1, 0.15) is 41.7 Å². The molecule has 1 aliphatic carbocycles. The van der Waals surface area contributed by atoms with Gasteiger partial charge in [0.2, 0.25) is 0 Å². The Labute approximate surface area is 182 Å². The number of rotatable bonds is 3. The summed E-state index contributed by atoms with van der Waals surface area (Å²) in [5.41, 5.74) is 10.1. The van der Waals surface area contributed by atoms with Gasteiger partial charge in [0.15, 0.2) is 0 Å². The molecule has 152 valence electrons. The van der Waals surface area contributed by atoms with Gasteiger partial charge in [0.05, 0.1) is 12.7 Å². The minimum Gasteiger partial charge on any atom is -0.369 e. The SMILES string of the molecule is NC1CCC(OCc2cc3c4ccccc4ccc3c3ccccc23)c2ccccc21. The second-order valence-corrected chi connectivity index (χ2v) is 8.58. The number of benzene rings is 5. The van der Waals surface area contributed by atoms with Gasteiger partial charge in [-0.25, -0.2) is 0 Å². The van der Waals surface area contributed by atoms with Crippen LogP contribution in [-0.4, -0.2) is 0 Å². The van der Waals surface area contributed by atoms with Crippen molar-refractivity contribution >= 4 is 32.3 Å². The lowest BCUT2D eigenvalue weighted by Crippen LogP contribution is -2.21. The summed E-state index contributed by atoms with van der Waals surface area (Å²) in [4.78, 5) is 0. The Morgan fingerprint density at radius 3 is 2.19 bits per heavy atom. The normalized spacial score (nSPS) is 18.5. The molecular weight excluding hydrogens is 378 g/mol. The quantitative estimate of drug-likeness (QED) is 0.323. The maximum atomic E-state index is 6.56. The van der Waals surface area contributed by atoms with Crippen molar-refractivity contribution in [1.82, 2.24) is 0 Å². The third kappa shape index (κ3) is 3.11. The Balaban J connectivity index is 1.45. The first-order chi connectivity index (χ1) is 15.3. The van der Waals surface area contributed by atoms with E-state index in [2.05, 4.69) is 91.0 Å². The number of hydrogen-bond acceptors (Lipinski definition) is 2. The van der Waals surface area contributed by atoms with Crippen LogP contribution < -0.4 is 5.73 Å². The standard InChI is InChI=1S/C29H25NO/c30-28-15-16-29(26-12-6-5-11-25(26)28)31-18-20-17-27-21-8-2-1-7-19(21)13-14-24(27)23-10-4-3-9-22(20)23/h1-14,17,28-29H,15-16,18,30H2. The van der Waals surface area contributed by atoms with Crippen LogP contribution in [0.3, 0.4) is 0 Å². The lowest BCUT2D eigenvalue weighted by molar-refractivity contribution is 0.0264. The summed E-state index contributed by atoms with van der Waals surface area (Å²) in [6.07, 6.45) is 2.02. The van der Waals surface area contributed by atoms with E-state index < -0.39 is 0 Å². The van der Waals surface area contributed by atoms with Crippen LogP contribution in [0.4, 0.5) is 0 Å². The van der Waals surface area contributed by atoms with Crippen LogP contribution in [0.15, 0.2) is 91.0 Å². The van der Waals surface area contributed by atoms with Gasteiger partial charge in [-0.1, -0.05) is 84.9 Å². The van der Waals surface area contributed by atoms with Crippen molar-refractivity contribution < 1.29 is 4.74 Å². The summed E-state index contributed by atoms with van der Waals surface area (Å²) in [5.74, 6) is 0. The molecule has 0 spiro atoms. The third-order valence-electron chi connectivity index (χ3n) is 6.77. The molecule has 6 rings (SSSR count). The molecule has 5 aromatic rings. The molecular formula is C29H25NO. The number of fused-ring (bicyclic) bond motifs is 6. The van der Waals surface area contributed by atoms with Crippen molar-refractivity contribution in [1.29, 1.82) is 0 Å². The fourth-order valence-corrected chi connectivity index (χ4v) is 5.20. The lowest BCUT2D eigenvalue weighted by Gasteiger charge is -2.29. The molecule has 2 atom stereocenters. The van der Waals surface area contributed by atoms with Gasteiger partial charge in [-0.3, -0.25) is 0 Å². The lowest BCUT2D eigenvalue weighted by atomic mass is 9.86. The second kappa shape index (κ2) is 7.49. The van der Waals surface area contributed by atoms with E-state index in [-0.39, 0.29) is 12.1 Å². The Morgan fingerprint density at radius 2 is 1.32 bits per heavy atom. The van der Waals surface area contributed by atoms with Gasteiger partial charge >= 0.3 is 0 Å². The van der Waals surface area contributed by atoms with Gasteiger partial charge < -0.3 is 10.5 Å². The van der Waals surface area contributed by atoms with E-state index >= 15 is 0 Å². The van der Waals surface area contributed by atoms with E-state index in [0.29, 0.717) is 6.61 Å². The molecule has 0 bridgehead atoms. The zero-order valence-electron chi connectivity index (χ0n) is 17.4. The minimum atomic E-state index is 0.0953. The average molecular weight is 404 g/mol. The monoisotopic (exact) mass is 403 g/mol. The summed E-state index contributed by atoms with van der Waals surface area (Å²) in [6, 6.07) is 32.7. The largest absolute Gasteiger partial charge is 0.369 e. The van der Waals surface area contributed by atoms with Gasteiger partial charge in [-0.2, -0.15) is 0 Å². The summed E-state index contributed by atoms with van der Waals surface area (Å²) >= 11 is 0. The van der Waals surface area contributed by atoms with Gasteiger partial charge in [0, 0.05) is 6.04 Å². The maximum absolute atomic E-state index is 6.56. The summed E-state index contributed by atoms with van der Waals surface area (Å²) in [6.45, 7) is 0.591. The van der Waals surface area contributed by atoms with E-state index in [4.69, 9.17) is 10.5 Å². The minimum absolute atomic E-state index is 0.0953. The van der Waals surface area contributed by atoms with Crippen LogP contribution in [0.25, 0.3) is 32.3 Å². The number of nitrogens with two attached hydrogens (primary N) is 1. The highest BCUT2D eigenvalue weighted by Crippen LogP contribution is 2.39. The Hall–Kier alpha value is -3.20. The molecule has 2 nitrogen and oxygen atoms in total. The predicted molar refractivity (Wildman–Crippen MR) is 129 cm³/mol. The maximum Gasteiger partial charge on any atom is 0.0833 e. The molecule has 0 heterocycles. The predicted octanol–water partition coefficient (Wildman–Crippen LogP) is 7.20. The molecule has 1 aliphatic rings. The Morgan fingerprint density at radius 1 is 0.645 bits per heavy atom. The number of hydrogen-bond donors (Lipinski definition) is 1. The summed E-state index contributed by atoms with van der Waals surface area (Å²) < 4.78 is 6.56. The second-order valence-electron chi connectivity index (χ2n) is 8.58. The van der Waals surface area contributed by atoms with Crippen molar-refractivity contribution in [2.75, 3.05) is 0 Å². The Bertz CT molecular complexity index is 1420. The fourth-order valence-electron chi connectivity index (χ4n) is 5.20. The van der Waals surface area contributed by atoms with E-state index in [1.54, 1.807) is 0 Å². The van der Waals surface area contributed by atoms with Crippen LogP contribution >= 0.6 is 0 Å². The van der Waals surface area contributed by atoms with E-state index in [1.165, 1.54) is 49.0 Å². The first-order valence-corrected chi connectivity index (χ1v) is 11.1. The first-order valence-electron chi connectivity index (χ1n) is 11.1. The van der Waals surface area contributed by atoms with Crippen molar-refractivity contribution in [2.45, 2.75) is 31.6 Å². The van der Waals surface area contributed by atoms with Gasteiger partial charge in [0.25, 0.3) is 0 Å². The number of ether oxygens (including phenoxy) is 1. The average Bonchev–Trinajstić information content (AvgIpc) is 2.83. The topological polar surface area (TPSA) is 35.2 Å². The molecule has 2 N–H and O–H groups in total. The van der Waals surface area contributed by atoms with Crippen molar-refractivity contribution in [3.05, 3.63) is 108 Å². The molecule has 5 aromatic carbocycles. The van der Waals surface area contributed by atoms with Crippen LogP contribution in [0.5, 0.6) is 0 Å². The third-order valence-corrected chi connectivity index (χ3v) is 6.77. The van der Waals surface area contributed by atoms with Crippen LogP contribution in [-0.2, 0) is 11.3 Å². The molecule has 0 amide bonds. The molecule has 0 fully saturated rings. The highest BCUT2D eigenvalue weighted by molar-refractivity contribution is 6.18. The van der Waals surface area contributed by atoms with Crippen LogP contribution in [0, 0.1) is 0 Å². The van der Waals surface area contributed by atoms with E-state index in [1.807, 2.05) is 0 Å². The first kappa shape index (κ1) is 18.6. The highest BCUT2D eigenvalue weighted by Gasteiger charge is 2.25. The zero-order chi connectivity index (χ0) is 20.8. The summed E-state index contributed by atoms with van der Waals surface area (Å²) in [5, 5.41) is 7.71. The summed E-state index contributed by atoms with van der Waals surface area (Å²) in [7, 11) is 0. The molecule has 2 heteroatoms. The Kier molecular flexibility index (Phi) is 4.48. The smallest absolute Gasteiger partial charge is 0.0833 e. The van der Waals surface area contributed by atoms with E-state index in [9.17, 15) is 0 Å². The highest BCUT2D eigenvalue weighted by atomic mass is 16.5. The van der Waals surface area contributed by atoms with Gasteiger partial charge in [0.1, 0.15) is 0 Å². The van der Waals surface area contributed by atoms with Crippen LogP contribution in [0.2, 0.25) is 0 Å². The molecule has 0 aromatic heterocycles. The molecule has 2 unspecified atom stereocenters. The molecule has 0 saturated heterocycles. The molecule has 0 radical (unpaired) electrons.